The first-order valence-corrected chi connectivity index (χ1v) is 13.8. The molecule has 1 atom stereocenters. The zero-order valence-electron chi connectivity index (χ0n) is 23.2. The number of nitrogens with two attached hydrogens (primary N) is 1. The van der Waals surface area contributed by atoms with E-state index in [-0.39, 0.29) is 23.8 Å². The third-order valence-electron chi connectivity index (χ3n) is 7.19. The maximum Gasteiger partial charge on any atom is 0.416 e. The van der Waals surface area contributed by atoms with Crippen molar-refractivity contribution in [1.82, 2.24) is 19.8 Å². The number of aromatic nitrogens is 3. The molecule has 1 aliphatic heterocycles. The largest absolute Gasteiger partial charge is 0.490 e. The van der Waals surface area contributed by atoms with Gasteiger partial charge in [0.25, 0.3) is 0 Å². The second kappa shape index (κ2) is 12.7. The average Bonchev–Trinajstić information content (AvgIpc) is 3.49. The standard InChI is InChI=1S/C29H28F5N7O2S/c30-21-3-10-25(26(31)15-21)28(42,16-39-19-36-18-37-39)17-43-24-8-6-22(7-9-24)38-11-13-40(14-12-38)41(27(35)44)23-4-1-20(2-5-23)29(32,33)34/h1-10,15,18-19,42H,11-14,16-17H2,(H2,35,44). The van der Waals surface area contributed by atoms with Crippen molar-refractivity contribution >= 4 is 28.7 Å². The van der Waals surface area contributed by atoms with Crippen molar-refractivity contribution < 1.29 is 31.8 Å². The number of hydrogen-bond acceptors (Lipinski definition) is 7. The van der Waals surface area contributed by atoms with Gasteiger partial charge in [-0.25, -0.2) is 28.5 Å². The highest BCUT2D eigenvalue weighted by molar-refractivity contribution is 7.80. The fourth-order valence-electron chi connectivity index (χ4n) is 4.99. The van der Waals surface area contributed by atoms with Gasteiger partial charge in [0.15, 0.2) is 5.11 Å². The van der Waals surface area contributed by atoms with Crippen molar-refractivity contribution in [2.45, 2.75) is 18.3 Å². The van der Waals surface area contributed by atoms with Gasteiger partial charge in [-0.1, -0.05) is 6.07 Å². The maximum atomic E-state index is 14.7. The first-order chi connectivity index (χ1) is 20.9. The van der Waals surface area contributed by atoms with Crippen molar-refractivity contribution in [2.75, 3.05) is 42.7 Å². The fraction of sp³-hybridized carbons (Fsp3) is 0.276. The quantitative estimate of drug-likeness (QED) is 0.206. The van der Waals surface area contributed by atoms with Crippen LogP contribution in [0.2, 0.25) is 0 Å². The van der Waals surface area contributed by atoms with Crippen molar-refractivity contribution in [1.29, 1.82) is 0 Å². The van der Waals surface area contributed by atoms with E-state index in [1.54, 1.807) is 12.1 Å². The van der Waals surface area contributed by atoms with Crippen LogP contribution in [0.3, 0.4) is 0 Å². The predicted molar refractivity (Wildman–Crippen MR) is 157 cm³/mol. The smallest absolute Gasteiger partial charge is 0.416 e. The van der Waals surface area contributed by atoms with Crippen LogP contribution in [0.5, 0.6) is 5.75 Å². The van der Waals surface area contributed by atoms with Crippen LogP contribution in [0, 0.1) is 11.6 Å². The van der Waals surface area contributed by atoms with Gasteiger partial charge in [-0.05, 0) is 66.8 Å². The van der Waals surface area contributed by atoms with E-state index in [2.05, 4.69) is 15.0 Å². The van der Waals surface area contributed by atoms with Gasteiger partial charge in [0, 0.05) is 43.5 Å². The van der Waals surface area contributed by atoms with Crippen LogP contribution in [-0.2, 0) is 18.3 Å². The van der Waals surface area contributed by atoms with E-state index in [1.165, 1.54) is 40.5 Å². The van der Waals surface area contributed by atoms with E-state index < -0.39 is 29.0 Å². The number of alkyl halides is 3. The van der Waals surface area contributed by atoms with Gasteiger partial charge in [0.05, 0.1) is 17.8 Å². The first-order valence-electron chi connectivity index (χ1n) is 13.4. The Morgan fingerprint density at radius 3 is 2.23 bits per heavy atom. The highest BCUT2D eigenvalue weighted by atomic mass is 32.1. The topological polar surface area (TPSA) is 95.9 Å². The van der Waals surface area contributed by atoms with Gasteiger partial charge < -0.3 is 20.5 Å². The molecule has 0 bridgehead atoms. The maximum absolute atomic E-state index is 14.7. The SMILES string of the molecule is NC(=S)N(c1ccc(C(F)(F)F)cc1)N1CCN(c2ccc(OCC(O)(Cn3cncn3)c3ccc(F)cc3F)cc2)CC1. The summed E-state index contributed by atoms with van der Waals surface area (Å²) in [5, 5.41) is 18.8. The van der Waals surface area contributed by atoms with Gasteiger partial charge >= 0.3 is 6.18 Å². The molecule has 1 fully saturated rings. The molecule has 3 aromatic carbocycles. The Labute approximate surface area is 254 Å². The monoisotopic (exact) mass is 633 g/mol. The minimum atomic E-state index is -4.45. The Kier molecular flexibility index (Phi) is 8.99. The van der Waals surface area contributed by atoms with Crippen LogP contribution in [0.4, 0.5) is 33.3 Å². The van der Waals surface area contributed by atoms with E-state index in [0.717, 1.165) is 23.9 Å². The third kappa shape index (κ3) is 7.06. The molecule has 15 heteroatoms. The molecule has 1 saturated heterocycles. The van der Waals surface area contributed by atoms with Crippen LogP contribution in [0.15, 0.2) is 79.4 Å². The summed E-state index contributed by atoms with van der Waals surface area (Å²) in [6.45, 7) is 1.59. The summed E-state index contributed by atoms with van der Waals surface area (Å²) in [7, 11) is 0. The molecule has 1 aromatic heterocycles. The Morgan fingerprint density at radius 2 is 1.66 bits per heavy atom. The van der Waals surface area contributed by atoms with Crippen LogP contribution in [-0.4, -0.2) is 62.8 Å². The van der Waals surface area contributed by atoms with Gasteiger partial charge in [0.2, 0.25) is 0 Å². The number of piperazine rings is 1. The van der Waals surface area contributed by atoms with Crippen LogP contribution in [0.25, 0.3) is 0 Å². The summed E-state index contributed by atoms with van der Waals surface area (Å²) in [4.78, 5) is 5.96. The van der Waals surface area contributed by atoms with Gasteiger partial charge in [-0.2, -0.15) is 18.3 Å². The molecule has 0 spiro atoms. The number of thiocarbonyl (C=S) groups is 1. The molecule has 232 valence electrons. The number of rotatable bonds is 9. The van der Waals surface area contributed by atoms with Gasteiger partial charge in [0.1, 0.15) is 42.2 Å². The van der Waals surface area contributed by atoms with Gasteiger partial charge in [-0.3, -0.25) is 0 Å². The lowest BCUT2D eigenvalue weighted by Gasteiger charge is -2.42. The number of nitrogens with zero attached hydrogens (tertiary/aromatic N) is 6. The van der Waals surface area contributed by atoms with Crippen LogP contribution in [0.1, 0.15) is 11.1 Å². The molecule has 3 N–H and O–H groups in total. The summed E-state index contributed by atoms with van der Waals surface area (Å²) in [5.74, 6) is -1.28. The lowest BCUT2D eigenvalue weighted by Crippen LogP contribution is -2.57. The third-order valence-corrected chi connectivity index (χ3v) is 7.36. The van der Waals surface area contributed by atoms with E-state index in [1.807, 2.05) is 17.1 Å². The zero-order valence-corrected chi connectivity index (χ0v) is 24.0. The van der Waals surface area contributed by atoms with Gasteiger partial charge in [-0.15, -0.1) is 0 Å². The molecule has 2 heterocycles. The molecule has 9 nitrogen and oxygen atoms in total. The molecule has 0 saturated carbocycles. The Hall–Kier alpha value is -4.34. The van der Waals surface area contributed by atoms with Crippen LogP contribution >= 0.6 is 12.2 Å². The number of halogens is 5. The minimum absolute atomic E-state index is 0.0176. The molecule has 44 heavy (non-hydrogen) atoms. The molecule has 5 rings (SSSR count). The molecule has 0 aliphatic carbocycles. The highest BCUT2D eigenvalue weighted by Crippen LogP contribution is 2.32. The Balaban J connectivity index is 1.22. The lowest BCUT2D eigenvalue weighted by molar-refractivity contribution is -0.137. The summed E-state index contributed by atoms with van der Waals surface area (Å²) >= 11 is 5.20. The van der Waals surface area contributed by atoms with E-state index in [4.69, 9.17) is 22.7 Å². The zero-order chi connectivity index (χ0) is 31.5. The normalized spacial score (nSPS) is 15.5. The second-order valence-corrected chi connectivity index (χ2v) is 10.6. The predicted octanol–water partition coefficient (Wildman–Crippen LogP) is 4.33. The van der Waals surface area contributed by atoms with Crippen molar-refractivity contribution in [3.05, 3.63) is 102 Å². The van der Waals surface area contributed by atoms with E-state index in [9.17, 15) is 27.1 Å². The average molecular weight is 634 g/mol. The van der Waals surface area contributed by atoms with Crippen LogP contribution < -0.4 is 20.4 Å². The summed E-state index contributed by atoms with van der Waals surface area (Å²) in [6.07, 6.45) is -1.80. The number of benzene rings is 3. The fourth-order valence-corrected chi connectivity index (χ4v) is 5.21. The van der Waals surface area contributed by atoms with Crippen molar-refractivity contribution in [2.24, 2.45) is 5.73 Å². The molecular weight excluding hydrogens is 605 g/mol. The second-order valence-electron chi connectivity index (χ2n) is 10.2. The molecule has 1 aliphatic rings. The number of hydrogen-bond donors (Lipinski definition) is 2. The van der Waals surface area contributed by atoms with Crippen molar-refractivity contribution in [3.8, 4) is 5.75 Å². The number of ether oxygens (including phenoxy) is 1. The molecular formula is C29H28F5N7O2S. The Bertz CT molecular complexity index is 1560. The summed E-state index contributed by atoms with van der Waals surface area (Å²) < 4.78 is 74.4. The Morgan fingerprint density at radius 1 is 0.977 bits per heavy atom. The highest BCUT2D eigenvalue weighted by Gasteiger charge is 2.35. The number of hydrazine groups is 1. The van der Waals surface area contributed by atoms with E-state index in [0.29, 0.717) is 43.7 Å². The lowest BCUT2D eigenvalue weighted by atomic mass is 9.94. The summed E-state index contributed by atoms with van der Waals surface area (Å²) in [6, 6.07) is 14.7. The van der Waals surface area contributed by atoms with Crippen molar-refractivity contribution in [3.63, 3.8) is 0 Å². The number of anilines is 2. The molecule has 4 aromatic rings. The molecule has 1 unspecified atom stereocenters. The number of aliphatic hydroxyl groups is 1. The minimum Gasteiger partial charge on any atom is -0.490 e. The molecule has 0 radical (unpaired) electrons. The first kappa shape index (κ1) is 31.1. The van der Waals surface area contributed by atoms with E-state index >= 15 is 0 Å². The summed E-state index contributed by atoms with van der Waals surface area (Å²) in [5.41, 5.74) is 4.46. The molecule has 0 amide bonds.